The quantitative estimate of drug-likeness (QED) is 0.938. The maximum Gasteiger partial charge on any atom is 0.573 e. The molecule has 7 heteroatoms. The number of para-hydroxylation sites is 1. The smallest absolute Gasteiger partial charge is 0.478 e. The lowest BCUT2D eigenvalue weighted by Gasteiger charge is -2.14. The van der Waals surface area contributed by atoms with Crippen molar-refractivity contribution in [2.45, 2.75) is 6.36 Å². The highest BCUT2D eigenvalue weighted by atomic mass is 19.4. The first-order valence-electron chi connectivity index (χ1n) is 5.41. The highest BCUT2D eigenvalue weighted by Gasteiger charge is 2.32. The minimum atomic E-state index is -4.86. The number of aromatic carboxylic acids is 1. The van der Waals surface area contributed by atoms with Crippen LogP contribution in [0.4, 0.5) is 13.2 Å². The van der Waals surface area contributed by atoms with Crippen molar-refractivity contribution in [3.05, 3.63) is 48.3 Å². The molecule has 0 aliphatic carbocycles. The van der Waals surface area contributed by atoms with Crippen molar-refractivity contribution in [2.75, 3.05) is 0 Å². The van der Waals surface area contributed by atoms with Gasteiger partial charge in [-0.3, -0.25) is 4.98 Å². The molecule has 1 N–H and O–H groups in total. The molecule has 0 saturated heterocycles. The zero-order valence-electron chi connectivity index (χ0n) is 9.89. The molecule has 0 fully saturated rings. The summed E-state index contributed by atoms with van der Waals surface area (Å²) < 4.78 is 40.9. The molecule has 0 aliphatic rings. The molecule has 0 radical (unpaired) electrons. The number of ether oxygens (including phenoxy) is 1. The number of pyridine rings is 1. The van der Waals surface area contributed by atoms with E-state index in [9.17, 15) is 18.0 Å². The van der Waals surface area contributed by atoms with E-state index in [0.29, 0.717) is 0 Å². The monoisotopic (exact) mass is 283 g/mol. The summed E-state index contributed by atoms with van der Waals surface area (Å²) in [6.45, 7) is 0. The van der Waals surface area contributed by atoms with E-state index in [1.54, 1.807) is 0 Å². The number of halogens is 3. The number of aromatic nitrogens is 1. The number of hydrogen-bond acceptors (Lipinski definition) is 3. The summed E-state index contributed by atoms with van der Waals surface area (Å²) in [5, 5.41) is 9.06. The maximum atomic E-state index is 12.3. The van der Waals surface area contributed by atoms with Crippen molar-refractivity contribution in [3.63, 3.8) is 0 Å². The number of carboxylic acids is 1. The van der Waals surface area contributed by atoms with Crippen molar-refractivity contribution < 1.29 is 27.8 Å². The van der Waals surface area contributed by atoms with Crippen LogP contribution in [0.1, 0.15) is 10.4 Å². The molecule has 0 saturated carbocycles. The average molecular weight is 283 g/mol. The van der Waals surface area contributed by atoms with Gasteiger partial charge in [-0.15, -0.1) is 13.2 Å². The third-order valence-corrected chi connectivity index (χ3v) is 2.45. The summed E-state index contributed by atoms with van der Waals surface area (Å²) in [6, 6.07) is 6.51. The fourth-order valence-electron chi connectivity index (χ4n) is 1.70. The van der Waals surface area contributed by atoms with Gasteiger partial charge in [-0.1, -0.05) is 18.2 Å². The number of nitrogens with zero attached hydrogens (tertiary/aromatic N) is 1. The molecule has 0 aliphatic heterocycles. The van der Waals surface area contributed by atoms with Crippen LogP contribution in [-0.4, -0.2) is 22.4 Å². The zero-order chi connectivity index (χ0) is 14.8. The second-order valence-corrected chi connectivity index (χ2v) is 3.77. The molecule has 0 bridgehead atoms. The molecule has 2 rings (SSSR count). The van der Waals surface area contributed by atoms with Gasteiger partial charge in [0.25, 0.3) is 0 Å². The van der Waals surface area contributed by atoms with Gasteiger partial charge >= 0.3 is 12.3 Å². The van der Waals surface area contributed by atoms with Crippen LogP contribution in [-0.2, 0) is 0 Å². The standard InChI is InChI=1S/C13H8F3NO3/c14-13(15,16)20-11-4-2-1-3-8(11)10-7-17-6-5-9(10)12(18)19/h1-7H,(H,18,19). The molecule has 4 nitrogen and oxygen atoms in total. The number of carboxylic acid groups (broad SMARTS) is 1. The molecule has 1 aromatic heterocycles. The van der Waals surface area contributed by atoms with Gasteiger partial charge in [0.05, 0.1) is 5.56 Å². The predicted molar refractivity (Wildman–Crippen MR) is 63.3 cm³/mol. The van der Waals surface area contributed by atoms with Crippen LogP contribution in [0.5, 0.6) is 5.75 Å². The molecule has 20 heavy (non-hydrogen) atoms. The Morgan fingerprint density at radius 1 is 1.15 bits per heavy atom. The third-order valence-electron chi connectivity index (χ3n) is 2.45. The molecule has 1 aromatic carbocycles. The van der Waals surface area contributed by atoms with Crippen molar-refractivity contribution in [2.24, 2.45) is 0 Å². The first kappa shape index (κ1) is 13.9. The minimum Gasteiger partial charge on any atom is -0.478 e. The fraction of sp³-hybridized carbons (Fsp3) is 0.0769. The summed E-state index contributed by atoms with van der Waals surface area (Å²) in [6.07, 6.45) is -2.43. The number of hydrogen-bond donors (Lipinski definition) is 1. The van der Waals surface area contributed by atoms with Crippen molar-refractivity contribution >= 4 is 5.97 Å². The van der Waals surface area contributed by atoms with Crippen molar-refractivity contribution in [1.82, 2.24) is 4.98 Å². The lowest BCUT2D eigenvalue weighted by Crippen LogP contribution is -2.17. The number of rotatable bonds is 3. The van der Waals surface area contributed by atoms with Crippen LogP contribution < -0.4 is 4.74 Å². The number of alkyl halides is 3. The van der Waals surface area contributed by atoms with Gasteiger partial charge in [-0.05, 0) is 12.1 Å². The average Bonchev–Trinajstić information content (AvgIpc) is 2.37. The first-order chi connectivity index (χ1) is 9.38. The Balaban J connectivity index is 2.56. The Hall–Kier alpha value is -2.57. The molecule has 0 unspecified atom stereocenters. The summed E-state index contributed by atoms with van der Waals surface area (Å²) in [4.78, 5) is 14.8. The highest BCUT2D eigenvalue weighted by Crippen LogP contribution is 2.34. The van der Waals surface area contributed by atoms with Gasteiger partial charge in [0.1, 0.15) is 5.75 Å². The highest BCUT2D eigenvalue weighted by molar-refractivity contribution is 5.96. The largest absolute Gasteiger partial charge is 0.573 e. The Morgan fingerprint density at radius 3 is 2.50 bits per heavy atom. The second-order valence-electron chi connectivity index (χ2n) is 3.77. The molecule has 0 amide bonds. The first-order valence-corrected chi connectivity index (χ1v) is 5.41. The molecule has 1 heterocycles. The van der Waals surface area contributed by atoms with E-state index in [4.69, 9.17) is 5.11 Å². The van der Waals surface area contributed by atoms with Gasteiger partial charge in [0.2, 0.25) is 0 Å². The van der Waals surface area contributed by atoms with Crippen LogP contribution in [0.3, 0.4) is 0 Å². The number of carbonyl (C=O) groups is 1. The summed E-state index contributed by atoms with van der Waals surface area (Å²) in [5.74, 6) is -1.74. The molecular formula is C13H8F3NO3. The van der Waals surface area contributed by atoms with E-state index in [1.807, 2.05) is 0 Å². The summed E-state index contributed by atoms with van der Waals surface area (Å²) in [7, 11) is 0. The van der Waals surface area contributed by atoms with Crippen LogP contribution in [0.2, 0.25) is 0 Å². The summed E-state index contributed by atoms with van der Waals surface area (Å²) in [5.41, 5.74) is -0.0894. The number of benzene rings is 1. The third kappa shape index (κ3) is 3.05. The molecule has 104 valence electrons. The molecule has 0 spiro atoms. The Labute approximate surface area is 111 Å². The van der Waals surface area contributed by atoms with Gasteiger partial charge in [0.15, 0.2) is 0 Å². The van der Waals surface area contributed by atoms with E-state index < -0.39 is 18.1 Å². The van der Waals surface area contributed by atoms with Gasteiger partial charge in [0, 0.05) is 23.5 Å². The van der Waals surface area contributed by atoms with E-state index in [1.165, 1.54) is 36.7 Å². The van der Waals surface area contributed by atoms with Crippen LogP contribution in [0.25, 0.3) is 11.1 Å². The van der Waals surface area contributed by atoms with Crippen LogP contribution in [0, 0.1) is 0 Å². The lowest BCUT2D eigenvalue weighted by molar-refractivity contribution is -0.274. The van der Waals surface area contributed by atoms with Crippen molar-refractivity contribution in [3.8, 4) is 16.9 Å². The normalized spacial score (nSPS) is 11.2. The predicted octanol–water partition coefficient (Wildman–Crippen LogP) is 3.35. The SMILES string of the molecule is O=C(O)c1ccncc1-c1ccccc1OC(F)(F)F. The fourth-order valence-corrected chi connectivity index (χ4v) is 1.70. The van der Waals surface area contributed by atoms with Crippen molar-refractivity contribution in [1.29, 1.82) is 0 Å². The zero-order valence-corrected chi connectivity index (χ0v) is 9.89. The topological polar surface area (TPSA) is 59.4 Å². The Bertz CT molecular complexity index is 641. The van der Waals surface area contributed by atoms with E-state index >= 15 is 0 Å². The van der Waals surface area contributed by atoms with Gasteiger partial charge < -0.3 is 9.84 Å². The van der Waals surface area contributed by atoms with Gasteiger partial charge in [-0.25, -0.2) is 4.79 Å². The van der Waals surface area contributed by atoms with E-state index in [-0.39, 0.29) is 16.7 Å². The van der Waals surface area contributed by atoms with Gasteiger partial charge in [-0.2, -0.15) is 0 Å². The maximum absolute atomic E-state index is 12.3. The van der Waals surface area contributed by atoms with Crippen LogP contribution >= 0.6 is 0 Å². The lowest BCUT2D eigenvalue weighted by atomic mass is 10.0. The Kier molecular flexibility index (Phi) is 3.60. The minimum absolute atomic E-state index is 0.00956. The molecular weight excluding hydrogens is 275 g/mol. The second kappa shape index (κ2) is 5.20. The molecule has 2 aromatic rings. The van der Waals surface area contributed by atoms with E-state index in [2.05, 4.69) is 9.72 Å². The Morgan fingerprint density at radius 2 is 1.85 bits per heavy atom. The van der Waals surface area contributed by atoms with E-state index in [0.717, 1.165) is 6.07 Å². The molecule has 0 atom stereocenters. The summed E-state index contributed by atoms with van der Waals surface area (Å²) >= 11 is 0. The van der Waals surface area contributed by atoms with Crippen LogP contribution in [0.15, 0.2) is 42.7 Å².